The Morgan fingerprint density at radius 1 is 1.69 bits per heavy atom. The van der Waals surface area contributed by atoms with Crippen molar-refractivity contribution < 1.29 is 4.79 Å². The van der Waals surface area contributed by atoms with Gasteiger partial charge in [0.2, 0.25) is 5.91 Å². The van der Waals surface area contributed by atoms with Crippen molar-refractivity contribution >= 4 is 17.7 Å². The standard InChI is InChI=1S/C11H15N3OS/c1-14(6-9-4-2-3-5-12-9)11(15)10-7-16-8-13-10/h2-5,10,13H,6-8H2,1H3. The number of nitrogens with one attached hydrogen (secondary N) is 1. The molecule has 1 atom stereocenters. The van der Waals surface area contributed by atoms with E-state index in [9.17, 15) is 4.79 Å². The highest BCUT2D eigenvalue weighted by Gasteiger charge is 2.25. The number of hydrogen-bond acceptors (Lipinski definition) is 4. The average Bonchev–Trinajstić information content (AvgIpc) is 2.83. The molecule has 1 fully saturated rings. The van der Waals surface area contributed by atoms with Gasteiger partial charge in [-0.2, -0.15) is 0 Å². The lowest BCUT2D eigenvalue weighted by molar-refractivity contribution is -0.131. The van der Waals surface area contributed by atoms with Crippen LogP contribution in [0.3, 0.4) is 0 Å². The molecule has 86 valence electrons. The molecule has 0 radical (unpaired) electrons. The molecule has 1 aliphatic rings. The second kappa shape index (κ2) is 5.32. The van der Waals surface area contributed by atoms with Crippen LogP contribution in [0.25, 0.3) is 0 Å². The summed E-state index contributed by atoms with van der Waals surface area (Å²) in [6, 6.07) is 5.71. The SMILES string of the molecule is CN(Cc1ccccn1)C(=O)C1CSCN1. The fraction of sp³-hybridized carbons (Fsp3) is 0.455. The number of amides is 1. The summed E-state index contributed by atoms with van der Waals surface area (Å²) in [6.45, 7) is 0.572. The molecule has 0 aliphatic carbocycles. The lowest BCUT2D eigenvalue weighted by atomic mass is 10.2. The summed E-state index contributed by atoms with van der Waals surface area (Å²) in [5.74, 6) is 1.88. The molecule has 5 heteroatoms. The number of rotatable bonds is 3. The number of carbonyl (C=O) groups excluding carboxylic acids is 1. The third-order valence-electron chi connectivity index (χ3n) is 2.52. The van der Waals surface area contributed by atoms with Crippen molar-refractivity contribution in [2.24, 2.45) is 0 Å². The zero-order valence-electron chi connectivity index (χ0n) is 9.22. The van der Waals surface area contributed by atoms with Crippen LogP contribution >= 0.6 is 11.8 Å². The molecule has 4 nitrogen and oxygen atoms in total. The lowest BCUT2D eigenvalue weighted by Gasteiger charge is -2.20. The Bertz CT molecular complexity index is 352. The molecule has 1 aromatic rings. The first-order valence-electron chi connectivity index (χ1n) is 5.23. The van der Waals surface area contributed by atoms with Gasteiger partial charge in [-0.1, -0.05) is 6.07 Å². The Morgan fingerprint density at radius 3 is 3.19 bits per heavy atom. The van der Waals surface area contributed by atoms with Crippen LogP contribution in [-0.4, -0.2) is 40.5 Å². The Hall–Kier alpha value is -1.07. The van der Waals surface area contributed by atoms with Crippen LogP contribution in [0.1, 0.15) is 5.69 Å². The summed E-state index contributed by atoms with van der Waals surface area (Å²) < 4.78 is 0. The van der Waals surface area contributed by atoms with Gasteiger partial charge in [0.15, 0.2) is 0 Å². The van der Waals surface area contributed by atoms with E-state index in [-0.39, 0.29) is 11.9 Å². The Morgan fingerprint density at radius 2 is 2.56 bits per heavy atom. The highest BCUT2D eigenvalue weighted by molar-refractivity contribution is 7.99. The number of nitrogens with zero attached hydrogens (tertiary/aromatic N) is 2. The fourth-order valence-electron chi connectivity index (χ4n) is 1.63. The van der Waals surface area contributed by atoms with Crippen molar-refractivity contribution in [1.82, 2.24) is 15.2 Å². The second-order valence-corrected chi connectivity index (χ2v) is 4.82. The Balaban J connectivity index is 1.92. The number of hydrogen-bond donors (Lipinski definition) is 1. The van der Waals surface area contributed by atoms with E-state index in [4.69, 9.17) is 0 Å². The van der Waals surface area contributed by atoms with E-state index in [1.165, 1.54) is 0 Å². The second-order valence-electron chi connectivity index (χ2n) is 3.79. The van der Waals surface area contributed by atoms with Crippen LogP contribution in [0.15, 0.2) is 24.4 Å². The molecule has 1 saturated heterocycles. The van der Waals surface area contributed by atoms with Gasteiger partial charge in [-0.15, -0.1) is 11.8 Å². The quantitative estimate of drug-likeness (QED) is 0.840. The van der Waals surface area contributed by atoms with Gasteiger partial charge in [-0.25, -0.2) is 0 Å². The van der Waals surface area contributed by atoms with E-state index < -0.39 is 0 Å². The van der Waals surface area contributed by atoms with Gasteiger partial charge in [-0.3, -0.25) is 15.1 Å². The van der Waals surface area contributed by atoms with Crippen LogP contribution < -0.4 is 5.32 Å². The minimum Gasteiger partial charge on any atom is -0.338 e. The summed E-state index contributed by atoms with van der Waals surface area (Å²) >= 11 is 1.76. The molecule has 1 N–H and O–H groups in total. The van der Waals surface area contributed by atoms with Crippen molar-refractivity contribution in [2.45, 2.75) is 12.6 Å². The van der Waals surface area contributed by atoms with Crippen LogP contribution in [0.4, 0.5) is 0 Å². The molecule has 0 saturated carbocycles. The number of carbonyl (C=O) groups is 1. The third-order valence-corrected chi connectivity index (χ3v) is 3.46. The maximum atomic E-state index is 12.0. The Labute approximate surface area is 99.4 Å². The van der Waals surface area contributed by atoms with Crippen LogP contribution in [-0.2, 0) is 11.3 Å². The number of likely N-dealkylation sites (N-methyl/N-ethyl adjacent to an activating group) is 1. The number of thioether (sulfide) groups is 1. The minimum atomic E-state index is -0.0290. The summed E-state index contributed by atoms with van der Waals surface area (Å²) in [5, 5.41) is 3.17. The maximum Gasteiger partial charge on any atom is 0.240 e. The van der Waals surface area contributed by atoms with Gasteiger partial charge < -0.3 is 4.90 Å². The van der Waals surface area contributed by atoms with E-state index in [1.807, 2.05) is 25.2 Å². The van der Waals surface area contributed by atoms with E-state index in [0.29, 0.717) is 6.54 Å². The summed E-state index contributed by atoms with van der Waals surface area (Å²) in [6.07, 6.45) is 1.75. The van der Waals surface area contributed by atoms with Crippen LogP contribution in [0.2, 0.25) is 0 Å². The lowest BCUT2D eigenvalue weighted by Crippen LogP contribution is -2.42. The fourth-order valence-corrected chi connectivity index (χ4v) is 2.57. The van der Waals surface area contributed by atoms with Gasteiger partial charge >= 0.3 is 0 Å². The van der Waals surface area contributed by atoms with Gasteiger partial charge in [0, 0.05) is 24.9 Å². The molecule has 1 aliphatic heterocycles. The van der Waals surface area contributed by atoms with E-state index in [0.717, 1.165) is 17.3 Å². The number of aromatic nitrogens is 1. The Kier molecular flexibility index (Phi) is 3.79. The first-order valence-corrected chi connectivity index (χ1v) is 6.39. The van der Waals surface area contributed by atoms with Crippen LogP contribution in [0.5, 0.6) is 0 Å². The maximum absolute atomic E-state index is 12.0. The van der Waals surface area contributed by atoms with E-state index in [1.54, 1.807) is 22.9 Å². The van der Waals surface area contributed by atoms with Crippen molar-refractivity contribution in [3.05, 3.63) is 30.1 Å². The van der Waals surface area contributed by atoms with Gasteiger partial charge in [0.05, 0.1) is 18.3 Å². The van der Waals surface area contributed by atoms with E-state index in [2.05, 4.69) is 10.3 Å². The molecular formula is C11H15N3OS. The third kappa shape index (κ3) is 2.74. The zero-order chi connectivity index (χ0) is 11.4. The molecule has 0 bridgehead atoms. The predicted octanol–water partition coefficient (Wildman–Crippen LogP) is 0.702. The van der Waals surface area contributed by atoms with Crippen molar-refractivity contribution in [3.63, 3.8) is 0 Å². The van der Waals surface area contributed by atoms with Crippen molar-refractivity contribution in [3.8, 4) is 0 Å². The summed E-state index contributed by atoms with van der Waals surface area (Å²) in [4.78, 5) is 17.9. The van der Waals surface area contributed by atoms with Crippen molar-refractivity contribution in [1.29, 1.82) is 0 Å². The first kappa shape index (κ1) is 11.4. The van der Waals surface area contributed by atoms with Gasteiger partial charge in [0.25, 0.3) is 0 Å². The molecule has 1 unspecified atom stereocenters. The largest absolute Gasteiger partial charge is 0.338 e. The highest BCUT2D eigenvalue weighted by Crippen LogP contribution is 2.12. The molecule has 0 aromatic carbocycles. The molecule has 1 aromatic heterocycles. The molecule has 16 heavy (non-hydrogen) atoms. The molecule has 2 heterocycles. The smallest absolute Gasteiger partial charge is 0.240 e. The van der Waals surface area contributed by atoms with Gasteiger partial charge in [0.1, 0.15) is 0 Å². The minimum absolute atomic E-state index is 0.0290. The monoisotopic (exact) mass is 237 g/mol. The number of pyridine rings is 1. The topological polar surface area (TPSA) is 45.2 Å². The molecule has 2 rings (SSSR count). The van der Waals surface area contributed by atoms with E-state index >= 15 is 0 Å². The summed E-state index contributed by atoms with van der Waals surface area (Å²) in [7, 11) is 1.82. The zero-order valence-corrected chi connectivity index (χ0v) is 10.0. The van der Waals surface area contributed by atoms with Gasteiger partial charge in [-0.05, 0) is 12.1 Å². The molecular weight excluding hydrogens is 222 g/mol. The van der Waals surface area contributed by atoms with Crippen LogP contribution in [0, 0.1) is 0 Å². The molecule has 0 spiro atoms. The highest BCUT2D eigenvalue weighted by atomic mass is 32.2. The normalized spacial score (nSPS) is 19.7. The molecule has 1 amide bonds. The average molecular weight is 237 g/mol. The predicted molar refractivity (Wildman–Crippen MR) is 65.0 cm³/mol. The van der Waals surface area contributed by atoms with Crippen molar-refractivity contribution in [2.75, 3.05) is 18.7 Å². The summed E-state index contributed by atoms with van der Waals surface area (Å²) in [5.41, 5.74) is 0.920. The first-order chi connectivity index (χ1) is 7.77.